The van der Waals surface area contributed by atoms with Crippen LogP contribution in [0.1, 0.15) is 30.4 Å². The Morgan fingerprint density at radius 3 is 3.21 bits per heavy atom. The number of aryl methyl sites for hydroxylation is 1. The Balaban J connectivity index is 2.41. The molecular formula is C10H14N2O2. The summed E-state index contributed by atoms with van der Waals surface area (Å²) in [6.45, 7) is 3.15. The lowest BCUT2D eigenvalue weighted by molar-refractivity contribution is 0.108. The van der Waals surface area contributed by atoms with E-state index < -0.39 is 0 Å². The maximum absolute atomic E-state index is 11.6. The van der Waals surface area contributed by atoms with Gasteiger partial charge in [0.2, 0.25) is 0 Å². The van der Waals surface area contributed by atoms with E-state index in [9.17, 15) is 4.79 Å². The maximum atomic E-state index is 11.6. The summed E-state index contributed by atoms with van der Waals surface area (Å²) in [7, 11) is 0. The zero-order valence-corrected chi connectivity index (χ0v) is 8.30. The molecule has 2 heterocycles. The van der Waals surface area contributed by atoms with Crippen LogP contribution in [0, 0.1) is 0 Å². The number of rotatable bonds is 2. The third-order valence-electron chi connectivity index (χ3n) is 2.37. The summed E-state index contributed by atoms with van der Waals surface area (Å²) < 4.78 is 5.22. The number of aromatic amines is 1. The van der Waals surface area contributed by atoms with Gasteiger partial charge >= 0.3 is 0 Å². The normalized spacial score (nSPS) is 15.2. The summed E-state index contributed by atoms with van der Waals surface area (Å²) in [4.78, 5) is 18.8. The lowest BCUT2D eigenvalue weighted by Gasteiger charge is -2.14. The second-order valence-electron chi connectivity index (χ2n) is 3.49. The minimum atomic E-state index is -0.0295. The van der Waals surface area contributed by atoms with Crippen molar-refractivity contribution in [3.8, 4) is 0 Å². The highest BCUT2D eigenvalue weighted by Crippen LogP contribution is 2.10. The molecule has 0 amide bonds. The van der Waals surface area contributed by atoms with Gasteiger partial charge in [0.25, 0.3) is 5.56 Å². The smallest absolute Gasteiger partial charge is 0.256 e. The molecule has 76 valence electrons. The average molecular weight is 194 g/mol. The number of ether oxygens (including phenoxy) is 1. The first-order chi connectivity index (χ1) is 6.81. The molecule has 0 bridgehead atoms. The van der Waals surface area contributed by atoms with Gasteiger partial charge in [0.1, 0.15) is 5.82 Å². The molecule has 14 heavy (non-hydrogen) atoms. The van der Waals surface area contributed by atoms with E-state index in [2.05, 4.69) is 16.9 Å². The van der Waals surface area contributed by atoms with E-state index in [1.165, 1.54) is 0 Å². The minimum Gasteiger partial charge on any atom is -0.376 e. The SMILES string of the molecule is CCCc1nc2c(c(=O)[nH]1)COCC2. The Hall–Kier alpha value is -1.16. The molecule has 1 aromatic heterocycles. The van der Waals surface area contributed by atoms with Crippen LogP contribution in [-0.2, 0) is 24.2 Å². The molecule has 0 aliphatic carbocycles. The fourth-order valence-corrected chi connectivity index (χ4v) is 1.65. The molecule has 0 saturated heterocycles. The third kappa shape index (κ3) is 1.70. The van der Waals surface area contributed by atoms with Gasteiger partial charge in [-0.2, -0.15) is 0 Å². The Bertz CT molecular complexity index is 384. The van der Waals surface area contributed by atoms with Gasteiger partial charge in [0.15, 0.2) is 0 Å². The van der Waals surface area contributed by atoms with Crippen LogP contribution in [0.2, 0.25) is 0 Å². The summed E-state index contributed by atoms with van der Waals surface area (Å²) in [5.41, 5.74) is 1.60. The summed E-state index contributed by atoms with van der Waals surface area (Å²) in [5.74, 6) is 0.804. The molecule has 1 N–H and O–H groups in total. The van der Waals surface area contributed by atoms with E-state index in [0.717, 1.165) is 30.8 Å². The van der Waals surface area contributed by atoms with E-state index >= 15 is 0 Å². The average Bonchev–Trinajstić information content (AvgIpc) is 2.18. The number of hydrogen-bond acceptors (Lipinski definition) is 3. The van der Waals surface area contributed by atoms with Gasteiger partial charge < -0.3 is 9.72 Å². The highest BCUT2D eigenvalue weighted by atomic mass is 16.5. The minimum absolute atomic E-state index is 0.0295. The molecule has 0 fully saturated rings. The Morgan fingerprint density at radius 2 is 2.43 bits per heavy atom. The van der Waals surface area contributed by atoms with Gasteiger partial charge in [0.05, 0.1) is 24.5 Å². The monoisotopic (exact) mass is 194 g/mol. The Morgan fingerprint density at radius 1 is 1.57 bits per heavy atom. The predicted molar refractivity (Wildman–Crippen MR) is 52.2 cm³/mol. The molecule has 0 spiro atoms. The number of H-pyrrole nitrogens is 1. The molecular weight excluding hydrogens is 180 g/mol. The van der Waals surface area contributed by atoms with E-state index in [1.54, 1.807) is 0 Å². The molecule has 0 radical (unpaired) electrons. The quantitative estimate of drug-likeness (QED) is 0.757. The standard InChI is InChI=1S/C10H14N2O2/c1-2-3-9-11-8-4-5-14-6-7(8)10(13)12-9/h2-6H2,1H3,(H,11,12,13). The highest BCUT2D eigenvalue weighted by molar-refractivity contribution is 5.19. The van der Waals surface area contributed by atoms with Crippen molar-refractivity contribution in [2.45, 2.75) is 32.8 Å². The molecule has 0 unspecified atom stereocenters. The van der Waals surface area contributed by atoms with E-state index in [0.29, 0.717) is 18.8 Å². The van der Waals surface area contributed by atoms with Gasteiger partial charge in [-0.15, -0.1) is 0 Å². The molecule has 0 aromatic carbocycles. The topological polar surface area (TPSA) is 55.0 Å². The first-order valence-corrected chi connectivity index (χ1v) is 5.00. The number of nitrogens with one attached hydrogen (secondary N) is 1. The van der Waals surface area contributed by atoms with Crippen LogP contribution in [0.4, 0.5) is 0 Å². The molecule has 1 aromatic rings. The molecule has 1 aliphatic heterocycles. The first-order valence-electron chi connectivity index (χ1n) is 5.00. The van der Waals surface area contributed by atoms with Crippen molar-refractivity contribution >= 4 is 0 Å². The second kappa shape index (κ2) is 3.92. The molecule has 4 heteroatoms. The molecule has 1 aliphatic rings. The van der Waals surface area contributed by atoms with E-state index in [-0.39, 0.29) is 5.56 Å². The van der Waals surface area contributed by atoms with Gasteiger partial charge in [-0.1, -0.05) is 6.92 Å². The first kappa shape index (κ1) is 9.40. The lowest BCUT2D eigenvalue weighted by Crippen LogP contribution is -2.25. The van der Waals surface area contributed by atoms with Crippen molar-refractivity contribution in [2.75, 3.05) is 6.61 Å². The second-order valence-corrected chi connectivity index (χ2v) is 3.49. The van der Waals surface area contributed by atoms with Gasteiger partial charge in [-0.3, -0.25) is 4.79 Å². The van der Waals surface area contributed by atoms with Crippen LogP contribution < -0.4 is 5.56 Å². The van der Waals surface area contributed by atoms with Crippen LogP contribution in [0.25, 0.3) is 0 Å². The largest absolute Gasteiger partial charge is 0.376 e. The van der Waals surface area contributed by atoms with E-state index in [1.807, 2.05) is 0 Å². The van der Waals surface area contributed by atoms with Crippen LogP contribution in [0.3, 0.4) is 0 Å². The summed E-state index contributed by atoms with van der Waals surface area (Å²) in [6.07, 6.45) is 2.59. The number of hydrogen-bond donors (Lipinski definition) is 1. The van der Waals surface area contributed by atoms with Crippen LogP contribution in [0.15, 0.2) is 4.79 Å². The van der Waals surface area contributed by atoms with Crippen LogP contribution in [-0.4, -0.2) is 16.6 Å². The third-order valence-corrected chi connectivity index (χ3v) is 2.37. The van der Waals surface area contributed by atoms with Crippen molar-refractivity contribution in [3.63, 3.8) is 0 Å². The van der Waals surface area contributed by atoms with Gasteiger partial charge in [-0.05, 0) is 6.42 Å². The number of nitrogens with zero attached hydrogens (tertiary/aromatic N) is 1. The Kier molecular flexibility index (Phi) is 2.63. The van der Waals surface area contributed by atoms with Crippen molar-refractivity contribution < 1.29 is 4.74 Å². The fourth-order valence-electron chi connectivity index (χ4n) is 1.65. The van der Waals surface area contributed by atoms with Crippen LogP contribution >= 0.6 is 0 Å². The van der Waals surface area contributed by atoms with Crippen LogP contribution in [0.5, 0.6) is 0 Å². The van der Waals surface area contributed by atoms with Gasteiger partial charge in [0, 0.05) is 12.8 Å². The number of fused-ring (bicyclic) bond motifs is 1. The van der Waals surface area contributed by atoms with Gasteiger partial charge in [-0.25, -0.2) is 4.98 Å². The lowest BCUT2D eigenvalue weighted by atomic mass is 10.1. The molecule has 0 atom stereocenters. The maximum Gasteiger partial charge on any atom is 0.256 e. The number of aromatic nitrogens is 2. The zero-order valence-electron chi connectivity index (χ0n) is 8.30. The van der Waals surface area contributed by atoms with Crippen molar-refractivity contribution in [2.24, 2.45) is 0 Å². The van der Waals surface area contributed by atoms with Crippen molar-refractivity contribution in [3.05, 3.63) is 27.4 Å². The summed E-state index contributed by atoms with van der Waals surface area (Å²) in [6, 6.07) is 0. The Labute approximate surface area is 82.3 Å². The molecule has 4 nitrogen and oxygen atoms in total. The molecule has 2 rings (SSSR count). The van der Waals surface area contributed by atoms with E-state index in [4.69, 9.17) is 4.74 Å². The zero-order chi connectivity index (χ0) is 9.97. The fraction of sp³-hybridized carbons (Fsp3) is 0.600. The predicted octanol–water partition coefficient (Wildman–Crippen LogP) is 0.795. The highest BCUT2D eigenvalue weighted by Gasteiger charge is 2.15. The summed E-state index contributed by atoms with van der Waals surface area (Å²) in [5, 5.41) is 0. The van der Waals surface area contributed by atoms with Crippen molar-refractivity contribution in [1.29, 1.82) is 0 Å². The molecule has 0 saturated carbocycles. The van der Waals surface area contributed by atoms with Crippen molar-refractivity contribution in [1.82, 2.24) is 9.97 Å². The summed E-state index contributed by atoms with van der Waals surface area (Å²) >= 11 is 0.